The molecule has 1 amide bonds. The Kier molecular flexibility index (Phi) is 4.63. The van der Waals surface area contributed by atoms with E-state index in [-0.39, 0.29) is 11.3 Å². The van der Waals surface area contributed by atoms with Crippen molar-refractivity contribution in [3.8, 4) is 0 Å². The first-order chi connectivity index (χ1) is 12.2. The van der Waals surface area contributed by atoms with Crippen LogP contribution in [0.4, 0.5) is 8.78 Å². The molecule has 1 fully saturated rings. The first-order valence-electron chi connectivity index (χ1n) is 9.00. The largest absolute Gasteiger partial charge is 0.351 e. The van der Waals surface area contributed by atoms with Crippen LogP contribution < -0.4 is 5.32 Å². The summed E-state index contributed by atoms with van der Waals surface area (Å²) in [4.78, 5) is 12.5. The lowest BCUT2D eigenvalue weighted by Gasteiger charge is -2.22. The quantitative estimate of drug-likeness (QED) is 0.784. The zero-order valence-corrected chi connectivity index (χ0v) is 15.7. The molecule has 2 aromatic rings. The molecule has 1 atom stereocenters. The fraction of sp³-hybridized carbons (Fsp3) is 0.409. The van der Waals surface area contributed by atoms with Crippen LogP contribution >= 0.6 is 0 Å². The van der Waals surface area contributed by atoms with Crippen LogP contribution in [0.25, 0.3) is 0 Å². The molecule has 2 nitrogen and oxygen atoms in total. The van der Waals surface area contributed by atoms with Crippen LogP contribution in [0.2, 0.25) is 0 Å². The number of benzene rings is 2. The van der Waals surface area contributed by atoms with Crippen LogP contribution in [-0.2, 0) is 5.41 Å². The van der Waals surface area contributed by atoms with E-state index >= 15 is 0 Å². The Morgan fingerprint density at radius 3 is 2.23 bits per heavy atom. The van der Waals surface area contributed by atoms with E-state index in [1.54, 1.807) is 0 Å². The summed E-state index contributed by atoms with van der Waals surface area (Å²) in [6.45, 7) is 8.61. The first kappa shape index (κ1) is 18.6. The predicted octanol–water partition coefficient (Wildman–Crippen LogP) is 5.19. The van der Waals surface area contributed by atoms with Gasteiger partial charge in [0.15, 0.2) is 0 Å². The van der Waals surface area contributed by atoms with Crippen LogP contribution in [0, 0.1) is 17.0 Å². The van der Waals surface area contributed by atoms with E-state index in [1.807, 2.05) is 38.1 Å². The molecule has 138 valence electrons. The minimum Gasteiger partial charge on any atom is -0.351 e. The van der Waals surface area contributed by atoms with Gasteiger partial charge >= 0.3 is 0 Å². The van der Waals surface area contributed by atoms with Crippen molar-refractivity contribution in [2.24, 2.45) is 5.41 Å². The molecule has 0 heterocycles. The Morgan fingerprint density at radius 1 is 1.12 bits per heavy atom. The molecule has 0 radical (unpaired) electrons. The van der Waals surface area contributed by atoms with Gasteiger partial charge in [0, 0.05) is 23.6 Å². The van der Waals surface area contributed by atoms with Crippen molar-refractivity contribution in [3.05, 3.63) is 70.8 Å². The van der Waals surface area contributed by atoms with Crippen LogP contribution in [0.1, 0.15) is 61.5 Å². The van der Waals surface area contributed by atoms with Crippen molar-refractivity contribution < 1.29 is 13.6 Å². The predicted molar refractivity (Wildman–Crippen MR) is 99.3 cm³/mol. The zero-order chi connectivity index (χ0) is 19.1. The molecule has 0 bridgehead atoms. The number of carbonyl (C=O) groups is 1. The van der Waals surface area contributed by atoms with Crippen molar-refractivity contribution >= 4 is 5.91 Å². The molecule has 2 aromatic carbocycles. The second-order valence-corrected chi connectivity index (χ2v) is 8.23. The molecule has 1 aliphatic rings. The Bertz CT molecular complexity index is 827. The fourth-order valence-electron chi connectivity index (χ4n) is 3.80. The molecule has 3 rings (SSSR count). The van der Waals surface area contributed by atoms with Gasteiger partial charge in [-0.15, -0.1) is 0 Å². The van der Waals surface area contributed by atoms with E-state index in [9.17, 15) is 13.6 Å². The summed E-state index contributed by atoms with van der Waals surface area (Å²) in [5.41, 5.74) is 1.58. The molecule has 0 aliphatic heterocycles. The highest BCUT2D eigenvalue weighted by atomic mass is 19.1. The van der Waals surface area contributed by atoms with Crippen molar-refractivity contribution in [2.45, 2.75) is 45.4 Å². The highest BCUT2D eigenvalue weighted by Gasteiger charge is 2.62. The standard InChI is InChI=1S/C22H25F2NO/c1-14(2)15-5-7-16(8-6-15)20(26)25-13-22(12-21(22,3)4)18-10-9-17(23)11-19(18)24/h5-11,14H,12-13H2,1-4H3,(H,25,26). The summed E-state index contributed by atoms with van der Waals surface area (Å²) >= 11 is 0. The van der Waals surface area contributed by atoms with E-state index in [1.165, 1.54) is 17.7 Å². The van der Waals surface area contributed by atoms with E-state index in [2.05, 4.69) is 19.2 Å². The summed E-state index contributed by atoms with van der Waals surface area (Å²) in [6.07, 6.45) is 0.745. The molecular weight excluding hydrogens is 332 g/mol. The van der Waals surface area contributed by atoms with Gasteiger partial charge in [-0.2, -0.15) is 0 Å². The van der Waals surface area contributed by atoms with E-state index in [4.69, 9.17) is 0 Å². The highest BCUT2D eigenvalue weighted by Crippen LogP contribution is 2.64. The van der Waals surface area contributed by atoms with Crippen molar-refractivity contribution in [2.75, 3.05) is 6.54 Å². The number of rotatable bonds is 5. The summed E-state index contributed by atoms with van der Waals surface area (Å²) in [6, 6.07) is 11.2. The third kappa shape index (κ3) is 3.25. The van der Waals surface area contributed by atoms with Gasteiger partial charge < -0.3 is 5.32 Å². The lowest BCUT2D eigenvalue weighted by Crippen LogP contribution is -2.35. The average molecular weight is 357 g/mol. The van der Waals surface area contributed by atoms with E-state index in [0.717, 1.165) is 12.5 Å². The maximum absolute atomic E-state index is 14.3. The second-order valence-electron chi connectivity index (χ2n) is 8.23. The number of hydrogen-bond donors (Lipinski definition) is 1. The molecule has 4 heteroatoms. The normalized spacial score (nSPS) is 20.9. The lowest BCUT2D eigenvalue weighted by molar-refractivity contribution is 0.0947. The van der Waals surface area contributed by atoms with Gasteiger partial charge in [0.1, 0.15) is 11.6 Å². The Morgan fingerprint density at radius 2 is 1.73 bits per heavy atom. The fourth-order valence-corrected chi connectivity index (χ4v) is 3.80. The molecule has 0 spiro atoms. The van der Waals surface area contributed by atoms with Gasteiger partial charge in [-0.25, -0.2) is 8.78 Å². The van der Waals surface area contributed by atoms with Crippen LogP contribution in [0.3, 0.4) is 0 Å². The van der Waals surface area contributed by atoms with E-state index in [0.29, 0.717) is 23.6 Å². The topological polar surface area (TPSA) is 29.1 Å². The van der Waals surface area contributed by atoms with Crippen molar-refractivity contribution in [3.63, 3.8) is 0 Å². The Hall–Kier alpha value is -2.23. The van der Waals surface area contributed by atoms with Crippen molar-refractivity contribution in [1.29, 1.82) is 0 Å². The van der Waals surface area contributed by atoms with Gasteiger partial charge in [0.05, 0.1) is 0 Å². The molecule has 1 N–H and O–H groups in total. The van der Waals surface area contributed by atoms with Gasteiger partial charge in [-0.3, -0.25) is 4.79 Å². The molecule has 1 aliphatic carbocycles. The van der Waals surface area contributed by atoms with Crippen LogP contribution in [0.15, 0.2) is 42.5 Å². The first-order valence-corrected chi connectivity index (χ1v) is 9.00. The summed E-state index contributed by atoms with van der Waals surface area (Å²) in [7, 11) is 0. The maximum Gasteiger partial charge on any atom is 0.251 e. The minimum atomic E-state index is -0.589. The molecule has 0 saturated heterocycles. The summed E-state index contributed by atoms with van der Waals surface area (Å²) < 4.78 is 27.6. The van der Waals surface area contributed by atoms with Gasteiger partial charge in [-0.1, -0.05) is 45.9 Å². The number of carbonyl (C=O) groups excluding carboxylic acids is 1. The summed E-state index contributed by atoms with van der Waals surface area (Å²) in [5.74, 6) is -0.908. The molecule has 26 heavy (non-hydrogen) atoms. The Balaban J connectivity index is 1.77. The van der Waals surface area contributed by atoms with Crippen LogP contribution in [-0.4, -0.2) is 12.5 Å². The second kappa shape index (κ2) is 6.49. The molecule has 1 unspecified atom stereocenters. The lowest BCUT2D eigenvalue weighted by atomic mass is 9.87. The summed E-state index contributed by atoms with van der Waals surface area (Å²) in [5, 5.41) is 2.95. The van der Waals surface area contributed by atoms with Gasteiger partial charge in [0.25, 0.3) is 5.91 Å². The smallest absolute Gasteiger partial charge is 0.251 e. The van der Waals surface area contributed by atoms with Crippen molar-refractivity contribution in [1.82, 2.24) is 5.32 Å². The maximum atomic E-state index is 14.3. The monoisotopic (exact) mass is 357 g/mol. The average Bonchev–Trinajstić information content (AvgIpc) is 3.14. The van der Waals surface area contributed by atoms with Gasteiger partial charge in [0.2, 0.25) is 0 Å². The minimum absolute atomic E-state index is 0.152. The van der Waals surface area contributed by atoms with E-state index < -0.39 is 17.0 Å². The van der Waals surface area contributed by atoms with Gasteiger partial charge in [-0.05, 0) is 47.1 Å². The third-order valence-electron chi connectivity index (χ3n) is 5.75. The highest BCUT2D eigenvalue weighted by molar-refractivity contribution is 5.94. The molecule has 0 aromatic heterocycles. The number of nitrogens with one attached hydrogen (secondary N) is 1. The number of amides is 1. The zero-order valence-electron chi connectivity index (χ0n) is 15.7. The molecular formula is C22H25F2NO. The Labute approximate surface area is 153 Å². The third-order valence-corrected chi connectivity index (χ3v) is 5.75. The van der Waals surface area contributed by atoms with Crippen LogP contribution in [0.5, 0.6) is 0 Å². The number of halogens is 2. The SMILES string of the molecule is CC(C)c1ccc(C(=O)NCC2(c3ccc(F)cc3F)CC2(C)C)cc1. The number of hydrogen-bond acceptors (Lipinski definition) is 1. The molecule has 1 saturated carbocycles.